The van der Waals surface area contributed by atoms with Gasteiger partial charge in [-0.2, -0.15) is 13.2 Å². The highest BCUT2D eigenvalue weighted by atomic mass is 19.4. The first-order chi connectivity index (χ1) is 8.63. The summed E-state index contributed by atoms with van der Waals surface area (Å²) in [5, 5.41) is 9.27. The molecule has 0 saturated heterocycles. The molecule has 0 aliphatic rings. The molecule has 1 aromatic carbocycles. The van der Waals surface area contributed by atoms with E-state index in [4.69, 9.17) is 10.5 Å². The predicted molar refractivity (Wildman–Crippen MR) is 65.8 cm³/mol. The topological polar surface area (TPSA) is 55.5 Å². The number of rotatable bonds is 4. The van der Waals surface area contributed by atoms with Crippen LogP contribution in [0.3, 0.4) is 0 Å². The van der Waals surface area contributed by atoms with Gasteiger partial charge in [-0.15, -0.1) is 0 Å². The molecule has 0 aliphatic heterocycles. The highest BCUT2D eigenvalue weighted by molar-refractivity contribution is 5.41. The van der Waals surface area contributed by atoms with Gasteiger partial charge in [-0.05, 0) is 12.1 Å². The summed E-state index contributed by atoms with van der Waals surface area (Å²) in [6.45, 7) is 3.28. The maximum Gasteiger partial charge on any atom is 0.416 e. The number of hydrogen-bond acceptors (Lipinski definition) is 3. The Morgan fingerprint density at radius 1 is 1.32 bits per heavy atom. The molecule has 3 N–H and O–H groups in total. The van der Waals surface area contributed by atoms with Crippen molar-refractivity contribution in [3.8, 4) is 5.75 Å². The quantitative estimate of drug-likeness (QED) is 0.889. The lowest BCUT2D eigenvalue weighted by Gasteiger charge is -2.31. The van der Waals surface area contributed by atoms with Crippen molar-refractivity contribution in [1.82, 2.24) is 0 Å². The van der Waals surface area contributed by atoms with E-state index in [-0.39, 0.29) is 12.4 Å². The predicted octanol–water partition coefficient (Wildman–Crippen LogP) is 2.73. The summed E-state index contributed by atoms with van der Waals surface area (Å²) in [4.78, 5) is 0. The van der Waals surface area contributed by atoms with Crippen molar-refractivity contribution >= 4 is 0 Å². The fraction of sp³-hybridized carbons (Fsp3) is 0.538. The monoisotopic (exact) mass is 277 g/mol. The summed E-state index contributed by atoms with van der Waals surface area (Å²) in [5.41, 5.74) is 4.99. The number of alkyl halides is 3. The first-order valence-corrected chi connectivity index (χ1v) is 5.75. The third-order valence-corrected chi connectivity index (χ3v) is 3.15. The molecular formula is C13H18F3NO2. The van der Waals surface area contributed by atoms with Gasteiger partial charge in [-0.25, -0.2) is 0 Å². The molecule has 108 valence electrons. The van der Waals surface area contributed by atoms with E-state index in [1.807, 2.05) is 0 Å². The molecule has 0 fully saturated rings. The van der Waals surface area contributed by atoms with E-state index in [0.717, 1.165) is 12.1 Å². The van der Waals surface area contributed by atoms with Crippen LogP contribution in [0.5, 0.6) is 5.75 Å². The summed E-state index contributed by atoms with van der Waals surface area (Å²) >= 11 is 0. The first-order valence-electron chi connectivity index (χ1n) is 5.75. The molecule has 6 heteroatoms. The molecule has 1 rings (SSSR count). The zero-order valence-electron chi connectivity index (χ0n) is 11.1. The molecule has 1 atom stereocenters. The standard InChI is InChI=1S/C13H18F3NO2/c1-12(2,7-18)11(17)9-5-4-8(13(14,15)16)6-10(9)19-3/h4-6,11,18H,7,17H2,1-3H3/t11-/m1/s1. The molecule has 1 aromatic rings. The number of benzene rings is 1. The second-order valence-corrected chi connectivity index (χ2v) is 5.08. The van der Waals surface area contributed by atoms with Gasteiger partial charge in [0, 0.05) is 23.6 Å². The molecule has 0 heterocycles. The minimum atomic E-state index is -4.43. The molecular weight excluding hydrogens is 259 g/mol. The second-order valence-electron chi connectivity index (χ2n) is 5.08. The van der Waals surface area contributed by atoms with Gasteiger partial charge in [0.15, 0.2) is 0 Å². The minimum absolute atomic E-state index is 0.0730. The third kappa shape index (κ3) is 3.39. The number of halogens is 3. The zero-order valence-corrected chi connectivity index (χ0v) is 11.1. The number of hydrogen-bond donors (Lipinski definition) is 2. The number of ether oxygens (including phenoxy) is 1. The minimum Gasteiger partial charge on any atom is -0.496 e. The van der Waals surface area contributed by atoms with Crippen LogP contribution in [0.4, 0.5) is 13.2 Å². The van der Waals surface area contributed by atoms with Crippen LogP contribution in [-0.2, 0) is 6.18 Å². The van der Waals surface area contributed by atoms with Gasteiger partial charge in [0.2, 0.25) is 0 Å². The van der Waals surface area contributed by atoms with E-state index in [1.165, 1.54) is 13.2 Å². The Kier molecular flexibility index (Phi) is 4.47. The van der Waals surface area contributed by atoms with E-state index >= 15 is 0 Å². The van der Waals surface area contributed by atoms with Gasteiger partial charge < -0.3 is 15.6 Å². The van der Waals surface area contributed by atoms with Gasteiger partial charge in [-0.1, -0.05) is 19.9 Å². The Balaban J connectivity index is 3.24. The SMILES string of the molecule is COc1cc(C(F)(F)F)ccc1[C@@H](N)C(C)(C)CO. The summed E-state index contributed by atoms with van der Waals surface area (Å²) in [7, 11) is 1.29. The smallest absolute Gasteiger partial charge is 0.416 e. The molecule has 0 bridgehead atoms. The van der Waals surface area contributed by atoms with Crippen LogP contribution in [0.15, 0.2) is 18.2 Å². The Bertz CT molecular complexity index is 444. The van der Waals surface area contributed by atoms with E-state index in [1.54, 1.807) is 13.8 Å². The zero-order chi connectivity index (χ0) is 14.8. The Morgan fingerprint density at radius 3 is 2.32 bits per heavy atom. The van der Waals surface area contributed by atoms with Crippen LogP contribution in [0, 0.1) is 5.41 Å². The van der Waals surface area contributed by atoms with E-state index in [9.17, 15) is 18.3 Å². The molecule has 0 amide bonds. The van der Waals surface area contributed by atoms with Crippen molar-refractivity contribution < 1.29 is 23.0 Å². The van der Waals surface area contributed by atoms with Crippen molar-refractivity contribution in [1.29, 1.82) is 0 Å². The molecule has 3 nitrogen and oxygen atoms in total. The van der Waals surface area contributed by atoms with Gasteiger partial charge in [-0.3, -0.25) is 0 Å². The van der Waals surface area contributed by atoms with E-state index in [2.05, 4.69) is 0 Å². The average molecular weight is 277 g/mol. The highest BCUT2D eigenvalue weighted by Crippen LogP contribution is 2.39. The maximum atomic E-state index is 12.6. The van der Waals surface area contributed by atoms with Gasteiger partial charge >= 0.3 is 6.18 Å². The molecule has 0 unspecified atom stereocenters. The molecule has 0 spiro atoms. The van der Waals surface area contributed by atoms with Gasteiger partial charge in [0.05, 0.1) is 12.7 Å². The number of methoxy groups -OCH3 is 1. The van der Waals surface area contributed by atoms with Crippen LogP contribution in [0.2, 0.25) is 0 Å². The fourth-order valence-corrected chi connectivity index (χ4v) is 1.66. The summed E-state index contributed by atoms with van der Waals surface area (Å²) < 4.78 is 42.8. The van der Waals surface area contributed by atoms with Crippen LogP contribution in [-0.4, -0.2) is 18.8 Å². The lowest BCUT2D eigenvalue weighted by molar-refractivity contribution is -0.137. The molecule has 19 heavy (non-hydrogen) atoms. The van der Waals surface area contributed by atoms with Crippen LogP contribution < -0.4 is 10.5 Å². The van der Waals surface area contributed by atoms with Crippen molar-refractivity contribution in [2.75, 3.05) is 13.7 Å². The number of aliphatic hydroxyl groups is 1. The number of aliphatic hydroxyl groups excluding tert-OH is 1. The van der Waals surface area contributed by atoms with Crippen molar-refractivity contribution in [2.24, 2.45) is 11.1 Å². The van der Waals surface area contributed by atoms with E-state index in [0.29, 0.717) is 5.56 Å². The number of nitrogens with two attached hydrogens (primary N) is 1. The lowest BCUT2D eigenvalue weighted by atomic mass is 9.81. The maximum absolute atomic E-state index is 12.6. The molecule has 0 aliphatic carbocycles. The third-order valence-electron chi connectivity index (χ3n) is 3.15. The molecule has 0 radical (unpaired) electrons. The summed E-state index contributed by atoms with van der Waals surface area (Å²) in [6.07, 6.45) is -4.43. The highest BCUT2D eigenvalue weighted by Gasteiger charge is 2.34. The first kappa shape index (κ1) is 15.8. The lowest BCUT2D eigenvalue weighted by Crippen LogP contribution is -2.32. The van der Waals surface area contributed by atoms with Crippen LogP contribution in [0.25, 0.3) is 0 Å². The molecule has 0 aromatic heterocycles. The second kappa shape index (κ2) is 5.38. The van der Waals surface area contributed by atoms with Crippen molar-refractivity contribution in [3.63, 3.8) is 0 Å². The van der Waals surface area contributed by atoms with Crippen molar-refractivity contribution in [3.05, 3.63) is 29.3 Å². The largest absolute Gasteiger partial charge is 0.496 e. The summed E-state index contributed by atoms with van der Waals surface area (Å²) in [5.74, 6) is 0.0730. The van der Waals surface area contributed by atoms with Crippen molar-refractivity contribution in [2.45, 2.75) is 26.1 Å². The fourth-order valence-electron chi connectivity index (χ4n) is 1.66. The van der Waals surface area contributed by atoms with Gasteiger partial charge in [0.1, 0.15) is 5.75 Å². The average Bonchev–Trinajstić information content (AvgIpc) is 2.35. The normalized spacial score (nSPS) is 14.3. The van der Waals surface area contributed by atoms with Gasteiger partial charge in [0.25, 0.3) is 0 Å². The van der Waals surface area contributed by atoms with Crippen LogP contribution in [0.1, 0.15) is 31.0 Å². The Hall–Kier alpha value is -1.27. The van der Waals surface area contributed by atoms with Crippen LogP contribution >= 0.6 is 0 Å². The molecule has 0 saturated carbocycles. The van der Waals surface area contributed by atoms with E-state index < -0.39 is 23.2 Å². The Labute approximate surface area is 110 Å². The Morgan fingerprint density at radius 2 is 1.89 bits per heavy atom. The summed E-state index contributed by atoms with van der Waals surface area (Å²) in [6, 6.07) is 2.55.